The minimum absolute atomic E-state index is 0.00998. The fraction of sp³-hybridized carbons (Fsp3) is 0.375. The van der Waals surface area contributed by atoms with E-state index in [2.05, 4.69) is 16.3 Å². The number of hydrogen-bond acceptors (Lipinski definition) is 7. The van der Waals surface area contributed by atoms with Gasteiger partial charge < -0.3 is 9.47 Å². The Morgan fingerprint density at radius 1 is 1.24 bits per heavy atom. The van der Waals surface area contributed by atoms with Gasteiger partial charge in [-0.2, -0.15) is 28.6 Å². The van der Waals surface area contributed by atoms with Crippen LogP contribution in [-0.4, -0.2) is 54.9 Å². The molecule has 1 saturated carbocycles. The van der Waals surface area contributed by atoms with Crippen LogP contribution in [0.1, 0.15) is 42.6 Å². The topological polar surface area (TPSA) is 115 Å². The average molecular weight is 551 g/mol. The summed E-state index contributed by atoms with van der Waals surface area (Å²) in [5.41, 5.74) is -1.28. The number of nitrogens with zero attached hydrogens (tertiary/aromatic N) is 6. The van der Waals surface area contributed by atoms with E-state index in [0.29, 0.717) is 30.2 Å². The van der Waals surface area contributed by atoms with Crippen molar-refractivity contribution in [1.82, 2.24) is 24.5 Å². The van der Waals surface area contributed by atoms with Crippen LogP contribution in [0.3, 0.4) is 0 Å². The summed E-state index contributed by atoms with van der Waals surface area (Å²) < 4.78 is 52.4. The van der Waals surface area contributed by atoms with E-state index in [9.17, 15) is 28.0 Å². The van der Waals surface area contributed by atoms with Crippen molar-refractivity contribution in [2.24, 2.45) is 7.05 Å². The SMILES string of the molecule is CC(C)OC(=O)OCN(C(=O)c1cc(-c2cnn(-c3c(C(F)(F)F)cnn3C)c2)ccc1Cl)C1(C#N)CC1. The van der Waals surface area contributed by atoms with E-state index in [1.165, 1.54) is 31.6 Å². The Kier molecular flexibility index (Phi) is 7.12. The van der Waals surface area contributed by atoms with Crippen LogP contribution in [0, 0.1) is 11.3 Å². The summed E-state index contributed by atoms with van der Waals surface area (Å²) in [5, 5.41) is 17.5. The molecular weight excluding hydrogens is 529 g/mol. The number of carbonyl (C=O) groups excluding carboxylic acids is 2. The van der Waals surface area contributed by atoms with Crippen molar-refractivity contribution in [2.75, 3.05) is 6.73 Å². The van der Waals surface area contributed by atoms with Crippen LogP contribution < -0.4 is 0 Å². The highest BCUT2D eigenvalue weighted by Crippen LogP contribution is 2.42. The molecule has 14 heteroatoms. The molecule has 0 radical (unpaired) electrons. The lowest BCUT2D eigenvalue weighted by Crippen LogP contribution is -2.43. The molecule has 0 bridgehead atoms. The first kappa shape index (κ1) is 27.0. The van der Waals surface area contributed by atoms with Gasteiger partial charge in [0.2, 0.25) is 0 Å². The Hall–Kier alpha value is -4.05. The lowest BCUT2D eigenvalue weighted by Gasteiger charge is -2.27. The number of amides is 1. The number of aromatic nitrogens is 4. The van der Waals surface area contributed by atoms with E-state index in [4.69, 9.17) is 21.1 Å². The molecule has 4 rings (SSSR count). The summed E-state index contributed by atoms with van der Waals surface area (Å²) in [6, 6.07) is 6.55. The number of hydrogen-bond donors (Lipinski definition) is 0. The molecule has 1 aliphatic carbocycles. The molecule has 1 aliphatic rings. The molecule has 1 amide bonds. The van der Waals surface area contributed by atoms with Gasteiger partial charge in [0.25, 0.3) is 5.91 Å². The number of carbonyl (C=O) groups is 2. The molecular formula is C24H22ClF3N6O4. The van der Waals surface area contributed by atoms with Crippen LogP contribution in [0.5, 0.6) is 0 Å². The summed E-state index contributed by atoms with van der Waals surface area (Å²) >= 11 is 6.33. The number of nitriles is 1. The Balaban J connectivity index is 1.65. The Morgan fingerprint density at radius 2 is 1.95 bits per heavy atom. The number of halogens is 4. The van der Waals surface area contributed by atoms with E-state index in [0.717, 1.165) is 14.3 Å². The third-order valence-corrected chi connectivity index (χ3v) is 6.21. The molecule has 38 heavy (non-hydrogen) atoms. The maximum Gasteiger partial charge on any atom is 0.510 e. The summed E-state index contributed by atoms with van der Waals surface area (Å²) in [5.74, 6) is -0.943. The van der Waals surface area contributed by atoms with Crippen molar-refractivity contribution in [3.05, 3.63) is 52.9 Å². The second-order valence-corrected chi connectivity index (χ2v) is 9.35. The number of rotatable bonds is 7. The molecule has 3 aromatic rings. The Bertz CT molecular complexity index is 1420. The zero-order chi connectivity index (χ0) is 27.8. The third kappa shape index (κ3) is 5.31. The van der Waals surface area contributed by atoms with E-state index in [-0.39, 0.29) is 16.4 Å². The molecule has 2 heterocycles. The van der Waals surface area contributed by atoms with Crippen molar-refractivity contribution in [2.45, 2.75) is 44.5 Å². The first-order valence-electron chi connectivity index (χ1n) is 11.4. The maximum atomic E-state index is 13.5. The van der Waals surface area contributed by atoms with Gasteiger partial charge in [0.05, 0.1) is 35.2 Å². The number of alkyl halides is 3. The van der Waals surface area contributed by atoms with Crippen LogP contribution >= 0.6 is 11.6 Å². The fourth-order valence-electron chi connectivity index (χ4n) is 3.79. The van der Waals surface area contributed by atoms with Crippen LogP contribution in [-0.2, 0) is 22.7 Å². The molecule has 0 unspecified atom stereocenters. The van der Waals surface area contributed by atoms with Crippen molar-refractivity contribution < 1.29 is 32.2 Å². The lowest BCUT2D eigenvalue weighted by atomic mass is 10.0. The van der Waals surface area contributed by atoms with E-state index < -0.39 is 42.2 Å². The smallest absolute Gasteiger partial charge is 0.432 e. The van der Waals surface area contributed by atoms with Gasteiger partial charge in [-0.25, -0.2) is 9.48 Å². The normalized spacial score (nSPS) is 14.2. The highest BCUT2D eigenvalue weighted by Gasteiger charge is 2.52. The minimum atomic E-state index is -4.64. The lowest BCUT2D eigenvalue weighted by molar-refractivity contribution is -0.137. The summed E-state index contributed by atoms with van der Waals surface area (Å²) in [6.07, 6.45) is -1.89. The van der Waals surface area contributed by atoms with Gasteiger partial charge in [-0.15, -0.1) is 0 Å². The first-order chi connectivity index (χ1) is 17.9. The quantitative estimate of drug-likeness (QED) is 0.301. The highest BCUT2D eigenvalue weighted by molar-refractivity contribution is 6.34. The van der Waals surface area contributed by atoms with Gasteiger partial charge in [-0.05, 0) is 44.4 Å². The zero-order valence-electron chi connectivity index (χ0n) is 20.5. The van der Waals surface area contributed by atoms with Crippen molar-refractivity contribution >= 4 is 23.7 Å². The minimum Gasteiger partial charge on any atom is -0.432 e. The van der Waals surface area contributed by atoms with Gasteiger partial charge in [-0.1, -0.05) is 17.7 Å². The van der Waals surface area contributed by atoms with Crippen LogP contribution in [0.15, 0.2) is 36.8 Å². The molecule has 0 saturated heterocycles. The summed E-state index contributed by atoms with van der Waals surface area (Å²) in [7, 11) is 1.36. The molecule has 1 aromatic carbocycles. The third-order valence-electron chi connectivity index (χ3n) is 5.88. The molecule has 200 valence electrons. The van der Waals surface area contributed by atoms with Gasteiger partial charge in [0, 0.05) is 18.8 Å². The predicted octanol–water partition coefficient (Wildman–Crippen LogP) is 4.96. The molecule has 1 fully saturated rings. The molecule has 0 N–H and O–H groups in total. The van der Waals surface area contributed by atoms with Gasteiger partial charge in [0.15, 0.2) is 12.5 Å². The standard InChI is InChI=1S/C24H22ClF3N6O4/c1-14(2)38-22(36)37-13-33(23(12-29)6-7-23)21(35)17-8-15(4-5-19(17)25)16-9-31-34(11-16)20-18(24(26,27)28)10-30-32(20)3/h4-5,8-11,14H,6-7,13H2,1-3H3. The number of benzene rings is 1. The average Bonchev–Trinajstić information content (AvgIpc) is 3.28. The van der Waals surface area contributed by atoms with Gasteiger partial charge in [-0.3, -0.25) is 14.4 Å². The predicted molar refractivity (Wildman–Crippen MR) is 127 cm³/mol. The molecule has 2 aromatic heterocycles. The largest absolute Gasteiger partial charge is 0.510 e. The molecule has 0 atom stereocenters. The molecule has 0 aliphatic heterocycles. The zero-order valence-corrected chi connectivity index (χ0v) is 21.2. The Morgan fingerprint density at radius 3 is 2.55 bits per heavy atom. The van der Waals surface area contributed by atoms with Crippen LogP contribution in [0.25, 0.3) is 16.9 Å². The Labute approximate surface area is 220 Å². The van der Waals surface area contributed by atoms with E-state index >= 15 is 0 Å². The van der Waals surface area contributed by atoms with Gasteiger partial charge in [0.1, 0.15) is 11.1 Å². The van der Waals surface area contributed by atoms with Crippen molar-refractivity contribution in [3.63, 3.8) is 0 Å². The first-order valence-corrected chi connectivity index (χ1v) is 11.7. The number of ether oxygens (including phenoxy) is 2. The van der Waals surface area contributed by atoms with Crippen molar-refractivity contribution in [1.29, 1.82) is 5.26 Å². The van der Waals surface area contributed by atoms with Crippen LogP contribution in [0.4, 0.5) is 18.0 Å². The second kappa shape index (κ2) is 10.0. The van der Waals surface area contributed by atoms with Crippen LogP contribution in [0.2, 0.25) is 5.02 Å². The fourth-order valence-corrected chi connectivity index (χ4v) is 3.98. The van der Waals surface area contributed by atoms with E-state index in [1.54, 1.807) is 19.9 Å². The van der Waals surface area contributed by atoms with Crippen molar-refractivity contribution in [3.8, 4) is 23.0 Å². The second-order valence-electron chi connectivity index (χ2n) is 8.94. The summed E-state index contributed by atoms with van der Waals surface area (Å²) in [6.45, 7) is 2.73. The molecule has 0 spiro atoms. The van der Waals surface area contributed by atoms with E-state index in [1.807, 2.05) is 0 Å². The molecule has 10 nitrogen and oxygen atoms in total. The van der Waals surface area contributed by atoms with Gasteiger partial charge >= 0.3 is 12.3 Å². The number of aryl methyl sites for hydroxylation is 1. The monoisotopic (exact) mass is 550 g/mol. The summed E-state index contributed by atoms with van der Waals surface area (Å²) in [4.78, 5) is 26.5. The maximum absolute atomic E-state index is 13.5. The highest BCUT2D eigenvalue weighted by atomic mass is 35.5.